The number of Topliss-reactive ketones (excluding diaryl/α,β-unsaturated/α-hetero) is 1. The van der Waals surface area contributed by atoms with E-state index >= 15 is 0 Å². The molecule has 5 fully saturated rings. The Kier molecular flexibility index (Phi) is 17.8. The number of halogens is 1. The van der Waals surface area contributed by atoms with E-state index in [0.717, 1.165) is 139 Å². The number of hydrogen-bond acceptors (Lipinski definition) is 10. The van der Waals surface area contributed by atoms with Gasteiger partial charge in [0.15, 0.2) is 30.9 Å². The number of allylic oxidation sites excluding steroid dienone is 2. The maximum atomic E-state index is 12.6. The number of ether oxygens (including phenoxy) is 8. The van der Waals surface area contributed by atoms with E-state index in [1.165, 1.54) is 10.5 Å². The van der Waals surface area contributed by atoms with Crippen molar-refractivity contribution in [1.82, 2.24) is 0 Å². The number of carbonyl (C=O) groups excluding carboxylic acids is 1. The van der Waals surface area contributed by atoms with Gasteiger partial charge in [-0.25, -0.2) is 0 Å². The number of thiophene rings is 1. The first-order valence-corrected chi connectivity index (χ1v) is 22.3. The lowest BCUT2D eigenvalue weighted by Crippen LogP contribution is -2.33. The van der Waals surface area contributed by atoms with Gasteiger partial charge in [0.2, 0.25) is 0 Å². The van der Waals surface area contributed by atoms with Gasteiger partial charge in [-0.3, -0.25) is 4.79 Å². The van der Waals surface area contributed by atoms with Crippen molar-refractivity contribution in [3.05, 3.63) is 39.0 Å². The minimum Gasteiger partial charge on any atom is -0.353 e. The molecule has 0 spiro atoms. The highest BCUT2D eigenvalue weighted by molar-refractivity contribution is 9.11. The lowest BCUT2D eigenvalue weighted by molar-refractivity contribution is -0.203. The van der Waals surface area contributed by atoms with Gasteiger partial charge >= 0.3 is 0 Å². The smallest absolute Gasteiger partial charge is 0.158 e. The third-order valence-corrected chi connectivity index (χ3v) is 12.8. The zero-order chi connectivity index (χ0) is 36.7. The average Bonchev–Trinajstić information content (AvgIpc) is 3.77. The van der Waals surface area contributed by atoms with Crippen molar-refractivity contribution < 1.29 is 42.7 Å². The Labute approximate surface area is 329 Å². The summed E-state index contributed by atoms with van der Waals surface area (Å²) in [7, 11) is 0. The molecule has 0 bridgehead atoms. The topological polar surface area (TPSA) is 90.9 Å². The Bertz CT molecular complexity index is 1260. The van der Waals surface area contributed by atoms with Crippen molar-refractivity contribution in [3.63, 3.8) is 0 Å². The van der Waals surface area contributed by atoms with Gasteiger partial charge < -0.3 is 37.9 Å². The molecular weight excluding hydrogens is 760 g/mol. The zero-order valence-electron chi connectivity index (χ0n) is 31.8. The maximum absolute atomic E-state index is 12.6. The maximum Gasteiger partial charge on any atom is 0.158 e. The molecular formula is C42H63BrO9S. The van der Waals surface area contributed by atoms with E-state index in [9.17, 15) is 4.79 Å². The molecule has 9 atom stereocenters. The van der Waals surface area contributed by atoms with Crippen LogP contribution < -0.4 is 0 Å². The van der Waals surface area contributed by atoms with Crippen LogP contribution in [0.2, 0.25) is 0 Å². The predicted molar refractivity (Wildman–Crippen MR) is 209 cm³/mol. The van der Waals surface area contributed by atoms with Crippen LogP contribution >= 0.6 is 27.3 Å². The van der Waals surface area contributed by atoms with Crippen molar-refractivity contribution >= 4 is 38.6 Å². The molecule has 1 aromatic rings. The van der Waals surface area contributed by atoms with Crippen LogP contribution in [0.1, 0.15) is 127 Å². The Morgan fingerprint density at radius 1 is 0.830 bits per heavy atom. The molecule has 0 aromatic carbocycles. The molecule has 4 aliphatic heterocycles. The van der Waals surface area contributed by atoms with Gasteiger partial charge in [0.25, 0.3) is 0 Å². The molecule has 1 aliphatic carbocycles. The summed E-state index contributed by atoms with van der Waals surface area (Å²) in [5, 5.41) is 0. The molecule has 0 N–H and O–H groups in total. The van der Waals surface area contributed by atoms with Crippen molar-refractivity contribution in [1.29, 1.82) is 0 Å². The minimum absolute atomic E-state index is 0.0449. The van der Waals surface area contributed by atoms with Gasteiger partial charge in [-0.2, -0.15) is 0 Å². The Hall–Kier alpha value is -0.990. The highest BCUT2D eigenvalue weighted by Gasteiger charge is 2.48. The molecule has 0 radical (unpaired) electrons. The SMILES string of the molecule is CCC(C=C(c1ccc(Br)s1)[C@H]1[C@@H](CC=CCCCC(=O)COC2CCCCO2)[C@@H](OC2CCCCO2)C[C@H]1OC1CCCCO1)OC1CCCCO1. The summed E-state index contributed by atoms with van der Waals surface area (Å²) in [6.07, 6.45) is 22.8. The fourth-order valence-electron chi connectivity index (χ4n) is 8.29. The van der Waals surface area contributed by atoms with Crippen molar-refractivity contribution in [2.45, 2.75) is 166 Å². The minimum atomic E-state index is -0.229. The van der Waals surface area contributed by atoms with Gasteiger partial charge in [-0.05, 0) is 142 Å². The largest absolute Gasteiger partial charge is 0.353 e. The lowest BCUT2D eigenvalue weighted by atomic mass is 9.82. The Morgan fingerprint density at radius 3 is 2.04 bits per heavy atom. The zero-order valence-corrected chi connectivity index (χ0v) is 34.2. The molecule has 11 heteroatoms. The fraction of sp³-hybridized carbons (Fsp3) is 0.786. The van der Waals surface area contributed by atoms with Crippen molar-refractivity contribution in [3.8, 4) is 0 Å². The van der Waals surface area contributed by atoms with E-state index < -0.39 is 0 Å². The van der Waals surface area contributed by atoms with Crippen LogP contribution in [0.3, 0.4) is 0 Å². The van der Waals surface area contributed by atoms with E-state index in [2.05, 4.69) is 53.2 Å². The van der Waals surface area contributed by atoms with Gasteiger partial charge in [0, 0.05) is 50.1 Å². The normalized spacial score (nSPS) is 32.3. The summed E-state index contributed by atoms with van der Waals surface area (Å²) in [5.74, 6) is 0.332. The second-order valence-electron chi connectivity index (χ2n) is 15.2. The number of carbonyl (C=O) groups is 1. The van der Waals surface area contributed by atoms with Gasteiger partial charge in [-0.15, -0.1) is 11.3 Å². The number of rotatable bonds is 19. The van der Waals surface area contributed by atoms with Gasteiger partial charge in [0.1, 0.15) is 6.61 Å². The first kappa shape index (κ1) is 41.6. The molecule has 5 unspecified atom stereocenters. The van der Waals surface area contributed by atoms with E-state index in [1.54, 1.807) is 11.3 Å². The van der Waals surface area contributed by atoms with Crippen LogP contribution in [0, 0.1) is 11.8 Å². The molecule has 1 aromatic heterocycles. The van der Waals surface area contributed by atoms with Gasteiger partial charge in [-0.1, -0.05) is 25.2 Å². The summed E-state index contributed by atoms with van der Waals surface area (Å²) >= 11 is 5.52. The quantitative estimate of drug-likeness (QED) is 0.0999. The number of ketones is 1. The van der Waals surface area contributed by atoms with Crippen LogP contribution in [0.5, 0.6) is 0 Å². The monoisotopic (exact) mass is 822 g/mol. The van der Waals surface area contributed by atoms with Gasteiger partial charge in [0.05, 0.1) is 22.1 Å². The molecule has 4 saturated heterocycles. The Balaban J connectivity index is 1.21. The first-order chi connectivity index (χ1) is 26.1. The summed E-state index contributed by atoms with van der Waals surface area (Å²) in [5.41, 5.74) is 1.26. The molecule has 6 rings (SSSR count). The van der Waals surface area contributed by atoms with Crippen LogP contribution in [-0.2, 0) is 42.7 Å². The van der Waals surface area contributed by atoms with Crippen molar-refractivity contribution in [2.24, 2.45) is 11.8 Å². The Morgan fingerprint density at radius 2 is 1.45 bits per heavy atom. The predicted octanol–water partition coefficient (Wildman–Crippen LogP) is 9.90. The highest BCUT2D eigenvalue weighted by atomic mass is 79.9. The summed E-state index contributed by atoms with van der Waals surface area (Å²) in [4.78, 5) is 13.8. The highest BCUT2D eigenvalue weighted by Crippen LogP contribution is 2.49. The lowest BCUT2D eigenvalue weighted by Gasteiger charge is -2.33. The number of hydrogen-bond donors (Lipinski definition) is 0. The molecule has 0 amide bonds. The average molecular weight is 824 g/mol. The van der Waals surface area contributed by atoms with Crippen LogP contribution in [0.15, 0.2) is 34.1 Å². The van der Waals surface area contributed by atoms with E-state index in [4.69, 9.17) is 37.9 Å². The molecule has 1 saturated carbocycles. The molecule has 53 heavy (non-hydrogen) atoms. The summed E-state index contributed by atoms with van der Waals surface area (Å²) < 4.78 is 51.4. The standard InChI is InChI=1S/C42H63BrO9S/c1-2-31(50-39-18-8-12-24-46-39)27-33(36-21-22-37(43)53-36)42-32(16-6-4-3-5-15-30(44)29-49-38-17-7-11-23-45-38)34(51-40-19-9-13-25-47-40)28-35(42)52-41-20-10-14-26-48-41/h4,6,21-22,27,31-32,34-35,38-42H,2-3,5,7-20,23-26,28-29H2,1H3/t31?,32-,34-,35+,38?,39?,40?,41?,42+/m0/s1. The molecule has 5 heterocycles. The number of unbranched alkanes of at least 4 members (excludes halogenated alkanes) is 1. The first-order valence-electron chi connectivity index (χ1n) is 20.7. The van der Waals surface area contributed by atoms with Crippen LogP contribution in [-0.4, -0.2) is 82.3 Å². The fourth-order valence-corrected chi connectivity index (χ4v) is 9.75. The third-order valence-electron chi connectivity index (χ3n) is 11.2. The molecule has 5 aliphatic rings. The summed E-state index contributed by atoms with van der Waals surface area (Å²) in [6, 6.07) is 4.37. The summed E-state index contributed by atoms with van der Waals surface area (Å²) in [6.45, 7) is 5.28. The second-order valence-corrected chi connectivity index (χ2v) is 17.7. The second kappa shape index (κ2) is 22.7. The molecule has 298 valence electrons. The van der Waals surface area contributed by atoms with Crippen LogP contribution in [0.25, 0.3) is 5.57 Å². The molecule has 9 nitrogen and oxygen atoms in total. The van der Waals surface area contributed by atoms with Crippen molar-refractivity contribution in [2.75, 3.05) is 33.0 Å². The third kappa shape index (κ3) is 13.3. The van der Waals surface area contributed by atoms with E-state index in [-0.39, 0.29) is 67.7 Å². The van der Waals surface area contributed by atoms with E-state index in [0.29, 0.717) is 6.42 Å². The van der Waals surface area contributed by atoms with Crippen LogP contribution in [0.4, 0.5) is 0 Å². The van der Waals surface area contributed by atoms with E-state index in [1.807, 2.05) is 0 Å².